The highest BCUT2D eigenvalue weighted by Crippen LogP contribution is 2.42. The molecular weight excluding hydrogens is 570 g/mol. The van der Waals surface area contributed by atoms with Gasteiger partial charge >= 0.3 is 12.4 Å². The monoisotopic (exact) mass is 594 g/mol. The van der Waals surface area contributed by atoms with Crippen molar-refractivity contribution in [3.63, 3.8) is 0 Å². The third-order valence-electron chi connectivity index (χ3n) is 8.29. The van der Waals surface area contributed by atoms with Crippen molar-refractivity contribution in [2.24, 2.45) is 0 Å². The van der Waals surface area contributed by atoms with Gasteiger partial charge < -0.3 is 4.90 Å². The molecule has 3 aliphatic heterocycles. The zero-order valence-electron chi connectivity index (χ0n) is 21.7. The number of fused-ring (bicyclic) bond motifs is 3. The molecule has 3 fully saturated rings. The molecule has 1 unspecified atom stereocenters. The highest BCUT2D eigenvalue weighted by molar-refractivity contribution is 8.18. The van der Waals surface area contributed by atoms with Crippen molar-refractivity contribution in [2.75, 3.05) is 7.05 Å². The van der Waals surface area contributed by atoms with Crippen molar-refractivity contribution in [1.29, 1.82) is 0 Å². The molecule has 3 atom stereocenters. The molecule has 13 heteroatoms. The van der Waals surface area contributed by atoms with Crippen LogP contribution in [0.5, 0.6) is 0 Å². The van der Waals surface area contributed by atoms with E-state index in [0.29, 0.717) is 39.5 Å². The summed E-state index contributed by atoms with van der Waals surface area (Å²) in [6.45, 7) is -0.396. The maximum absolute atomic E-state index is 13.6. The molecule has 3 aliphatic rings. The Balaban J connectivity index is 1.23. The number of carbonyl (C=O) groups is 2. The maximum Gasteiger partial charge on any atom is 0.416 e. The molecule has 1 aromatic heterocycles. The zero-order chi connectivity index (χ0) is 29.3. The number of thioether (sulfide) groups is 1. The van der Waals surface area contributed by atoms with Crippen LogP contribution in [0.2, 0.25) is 0 Å². The molecule has 41 heavy (non-hydrogen) atoms. The van der Waals surface area contributed by atoms with Gasteiger partial charge in [0, 0.05) is 23.5 Å². The average Bonchev–Trinajstić information content (AvgIpc) is 3.46. The van der Waals surface area contributed by atoms with Crippen molar-refractivity contribution < 1.29 is 35.9 Å². The summed E-state index contributed by atoms with van der Waals surface area (Å²) >= 11 is 0.890. The summed E-state index contributed by atoms with van der Waals surface area (Å²) in [5.74, 6) is -0.327. The Kier molecular flexibility index (Phi) is 6.72. The van der Waals surface area contributed by atoms with Crippen LogP contribution in [-0.2, 0) is 23.7 Å². The number of carbonyl (C=O) groups excluding carboxylic acids is 2. The van der Waals surface area contributed by atoms with Crippen LogP contribution < -0.4 is 0 Å². The van der Waals surface area contributed by atoms with Crippen LogP contribution in [0.3, 0.4) is 0 Å². The number of rotatable bonds is 4. The molecule has 0 aliphatic carbocycles. The lowest BCUT2D eigenvalue weighted by atomic mass is 9.96. The molecule has 4 heterocycles. The minimum atomic E-state index is -4.98. The molecular formula is C28H24F6N4O2S. The van der Waals surface area contributed by atoms with Gasteiger partial charge in [0.2, 0.25) is 0 Å². The van der Waals surface area contributed by atoms with Gasteiger partial charge in [-0.15, -0.1) is 0 Å². The molecule has 216 valence electrons. The topological polar surface area (TPSA) is 58.4 Å². The van der Waals surface area contributed by atoms with Crippen molar-refractivity contribution in [1.82, 2.24) is 19.6 Å². The molecule has 6 rings (SSSR count). The van der Waals surface area contributed by atoms with E-state index >= 15 is 0 Å². The molecule has 0 radical (unpaired) electrons. The van der Waals surface area contributed by atoms with Crippen molar-refractivity contribution in [3.8, 4) is 0 Å². The Morgan fingerprint density at radius 1 is 0.951 bits per heavy atom. The molecule has 6 nitrogen and oxygen atoms in total. The van der Waals surface area contributed by atoms with E-state index in [-0.39, 0.29) is 28.8 Å². The van der Waals surface area contributed by atoms with E-state index in [9.17, 15) is 35.9 Å². The summed E-state index contributed by atoms with van der Waals surface area (Å²) in [7, 11) is 2.09. The Bertz CT molecular complexity index is 1570. The number of aromatic nitrogens is 2. The van der Waals surface area contributed by atoms with Crippen molar-refractivity contribution in [3.05, 3.63) is 69.8 Å². The van der Waals surface area contributed by atoms with Crippen molar-refractivity contribution in [2.45, 2.75) is 62.7 Å². The number of imide groups is 1. The Hall–Kier alpha value is -3.32. The van der Waals surface area contributed by atoms with E-state index in [1.807, 2.05) is 0 Å². The van der Waals surface area contributed by atoms with Gasteiger partial charge in [-0.3, -0.25) is 19.2 Å². The molecule has 2 bridgehead atoms. The van der Waals surface area contributed by atoms with E-state index in [0.717, 1.165) is 43.5 Å². The van der Waals surface area contributed by atoms with E-state index in [1.165, 1.54) is 15.8 Å². The van der Waals surface area contributed by atoms with Crippen LogP contribution in [0.25, 0.3) is 17.0 Å². The first-order valence-corrected chi connectivity index (χ1v) is 13.8. The van der Waals surface area contributed by atoms with Gasteiger partial charge in [-0.05, 0) is 86.0 Å². The van der Waals surface area contributed by atoms with Crippen LogP contribution in [-0.4, -0.2) is 55.9 Å². The van der Waals surface area contributed by atoms with Gasteiger partial charge in [-0.25, -0.2) is 0 Å². The largest absolute Gasteiger partial charge is 0.416 e. The summed E-state index contributed by atoms with van der Waals surface area (Å²) in [5, 5.41) is 4.42. The normalized spacial score (nSPS) is 24.8. The number of hydrogen-bond acceptors (Lipinski definition) is 5. The first-order chi connectivity index (χ1) is 19.3. The van der Waals surface area contributed by atoms with Crippen LogP contribution in [0.4, 0.5) is 31.1 Å². The number of nitrogens with zero attached hydrogens (tertiary/aromatic N) is 4. The summed E-state index contributed by atoms with van der Waals surface area (Å²) in [6, 6.07) is 7.12. The van der Waals surface area contributed by atoms with Gasteiger partial charge in [0.25, 0.3) is 11.1 Å². The highest BCUT2D eigenvalue weighted by Gasteiger charge is 2.47. The van der Waals surface area contributed by atoms with Crippen LogP contribution in [0.15, 0.2) is 47.5 Å². The fourth-order valence-corrected chi connectivity index (χ4v) is 7.08. The van der Waals surface area contributed by atoms with E-state index < -0.39 is 30.0 Å². The van der Waals surface area contributed by atoms with Gasteiger partial charge in [-0.2, -0.15) is 31.4 Å². The number of benzene rings is 2. The minimum absolute atomic E-state index is 0.114. The predicted octanol–water partition coefficient (Wildman–Crippen LogP) is 6.78. The second-order valence-electron chi connectivity index (χ2n) is 10.7. The van der Waals surface area contributed by atoms with E-state index in [1.54, 1.807) is 24.3 Å². The van der Waals surface area contributed by atoms with Crippen LogP contribution >= 0.6 is 11.8 Å². The Morgan fingerprint density at radius 3 is 2.32 bits per heavy atom. The standard InChI is InChI=1S/C28H24F6N4O2S/c1-36-19-5-6-20(36)12-21(11-19)38-25(39)24(41-26(38)40)9-15-2-7-23-17(8-15)13-35-37(23)14-16-3-4-18(27(29,30)31)10-22(16)28(32,33)34/h2-4,7-10,13,19-21H,5-6,11-12,14H2,1H3/t19-,20+,21?. The molecule has 2 amide bonds. The summed E-state index contributed by atoms with van der Waals surface area (Å²) in [4.78, 5) is 30.1. The fourth-order valence-electron chi connectivity index (χ4n) is 6.18. The molecule has 3 aromatic rings. The fraction of sp³-hybridized carbons (Fsp3) is 0.393. The van der Waals surface area contributed by atoms with Crippen molar-refractivity contribution >= 4 is 39.9 Å². The quantitative estimate of drug-likeness (QED) is 0.246. The number of alkyl halides is 6. The van der Waals surface area contributed by atoms with Gasteiger partial charge in [-0.1, -0.05) is 12.1 Å². The summed E-state index contributed by atoms with van der Waals surface area (Å²) < 4.78 is 81.2. The SMILES string of the molecule is CN1[C@@H]2CC[C@H]1CC(N1C(=O)SC(=Cc3ccc4c(cnn4Cc4ccc(C(F)(F)F)cc4C(F)(F)F)c3)C1=O)C2. The molecule has 0 spiro atoms. The van der Waals surface area contributed by atoms with Gasteiger partial charge in [0.1, 0.15) is 0 Å². The summed E-state index contributed by atoms with van der Waals surface area (Å²) in [5.41, 5.74) is -2.03. The lowest BCUT2D eigenvalue weighted by Crippen LogP contribution is -2.50. The molecule has 2 aromatic carbocycles. The first kappa shape index (κ1) is 27.8. The molecule has 3 saturated heterocycles. The molecule has 0 saturated carbocycles. The third kappa shape index (κ3) is 5.14. The maximum atomic E-state index is 13.6. The third-order valence-corrected chi connectivity index (χ3v) is 9.17. The molecule has 0 N–H and O–H groups in total. The van der Waals surface area contributed by atoms with Crippen LogP contribution in [0.1, 0.15) is 47.9 Å². The average molecular weight is 595 g/mol. The van der Waals surface area contributed by atoms with E-state index in [4.69, 9.17) is 0 Å². The number of amides is 2. The van der Waals surface area contributed by atoms with E-state index in [2.05, 4.69) is 17.0 Å². The van der Waals surface area contributed by atoms with Gasteiger partial charge in [0.05, 0.1) is 34.3 Å². The number of piperidine rings is 1. The first-order valence-electron chi connectivity index (χ1n) is 13.0. The number of hydrogen-bond donors (Lipinski definition) is 0. The van der Waals surface area contributed by atoms with Gasteiger partial charge in [0.15, 0.2) is 0 Å². The minimum Gasteiger partial charge on any atom is -0.300 e. The zero-order valence-corrected chi connectivity index (χ0v) is 22.5. The predicted molar refractivity (Wildman–Crippen MR) is 141 cm³/mol. The smallest absolute Gasteiger partial charge is 0.300 e. The highest BCUT2D eigenvalue weighted by atomic mass is 32.2. The second-order valence-corrected chi connectivity index (χ2v) is 11.7. The lowest BCUT2D eigenvalue weighted by molar-refractivity contribution is -0.143. The number of halogens is 6. The Morgan fingerprint density at radius 2 is 1.66 bits per heavy atom. The summed E-state index contributed by atoms with van der Waals surface area (Å²) in [6.07, 6.45) is -3.19. The Labute approximate surface area is 235 Å². The van der Waals surface area contributed by atoms with Crippen LogP contribution in [0, 0.1) is 0 Å². The second kappa shape index (κ2) is 9.90. The lowest BCUT2D eigenvalue weighted by Gasteiger charge is -2.39.